The van der Waals surface area contributed by atoms with E-state index in [9.17, 15) is 14.7 Å². The molecule has 0 radical (unpaired) electrons. The van der Waals surface area contributed by atoms with Gasteiger partial charge in [0, 0.05) is 53.6 Å². The molecule has 3 aliphatic rings. The van der Waals surface area contributed by atoms with E-state index in [2.05, 4.69) is 10.4 Å². The smallest absolute Gasteiger partial charge is 0.427 e. The molecule has 8 heteroatoms. The Morgan fingerprint density at radius 2 is 2.14 bits per heavy atom. The summed E-state index contributed by atoms with van der Waals surface area (Å²) in [5, 5.41) is 12.6. The lowest BCUT2D eigenvalue weighted by atomic mass is 9.91. The van der Waals surface area contributed by atoms with Gasteiger partial charge in [-0.25, -0.2) is 9.80 Å². The number of hydrogen-bond acceptors (Lipinski definition) is 5. The zero-order chi connectivity index (χ0) is 19.7. The molecule has 0 spiro atoms. The highest BCUT2D eigenvalue weighted by molar-refractivity contribution is 5.74. The fraction of sp³-hybridized carbons (Fsp3) is 0.500. The molecule has 4 rings (SSSR count). The highest BCUT2D eigenvalue weighted by atomic mass is 16.5. The number of amides is 1. The number of nitrogens with zero attached hydrogens (tertiary/aromatic N) is 1. The summed E-state index contributed by atoms with van der Waals surface area (Å²) in [5.74, 6) is 0.131. The maximum atomic E-state index is 11.9. The second kappa shape index (κ2) is 7.71. The van der Waals surface area contributed by atoms with E-state index < -0.39 is 6.09 Å². The van der Waals surface area contributed by atoms with E-state index in [1.54, 1.807) is 13.1 Å². The summed E-state index contributed by atoms with van der Waals surface area (Å²) in [6, 6.07) is -0.371. The summed E-state index contributed by atoms with van der Waals surface area (Å²) in [5.41, 5.74) is 5.91. The summed E-state index contributed by atoms with van der Waals surface area (Å²) in [6.45, 7) is 3.62. The van der Waals surface area contributed by atoms with E-state index in [0.29, 0.717) is 25.4 Å². The third kappa shape index (κ3) is 3.40. The second-order valence-corrected chi connectivity index (χ2v) is 7.22. The molecular formula is C20H25N3O5. The van der Waals surface area contributed by atoms with Crippen molar-refractivity contribution < 1.29 is 24.2 Å². The van der Waals surface area contributed by atoms with E-state index in [1.807, 2.05) is 12.2 Å². The van der Waals surface area contributed by atoms with Crippen LogP contribution in [-0.2, 0) is 20.7 Å². The standard InChI is InChI=1S/C20H25N3O5/c1-2-28-18(24)4-3-14-15-10-17-13(11-21-23(17)20(25)26)9-16(15)22-19(14)12-5-7-27-8-6-12/h9-12,17,21-22H,2-8H2,1H3,(H,25,26). The number of rotatable bonds is 5. The average molecular weight is 387 g/mol. The van der Waals surface area contributed by atoms with Crippen molar-refractivity contribution >= 4 is 24.2 Å². The van der Waals surface area contributed by atoms with Crippen LogP contribution in [0.3, 0.4) is 0 Å². The molecule has 0 bridgehead atoms. The fourth-order valence-electron chi connectivity index (χ4n) is 4.22. The monoisotopic (exact) mass is 387 g/mol. The molecule has 8 nitrogen and oxygen atoms in total. The number of carbonyl (C=O) groups is 2. The number of aromatic nitrogens is 1. The molecule has 28 heavy (non-hydrogen) atoms. The molecule has 1 aromatic heterocycles. The van der Waals surface area contributed by atoms with E-state index in [4.69, 9.17) is 9.47 Å². The number of hydrogen-bond donors (Lipinski definition) is 3. The van der Waals surface area contributed by atoms with Gasteiger partial charge in [-0.2, -0.15) is 0 Å². The Bertz CT molecular complexity index is 926. The predicted molar refractivity (Wildman–Crippen MR) is 102 cm³/mol. The van der Waals surface area contributed by atoms with Gasteiger partial charge in [0.2, 0.25) is 0 Å². The van der Waals surface area contributed by atoms with Crippen LogP contribution in [0.4, 0.5) is 4.79 Å². The Kier molecular flexibility index (Phi) is 5.13. The van der Waals surface area contributed by atoms with Gasteiger partial charge in [0.15, 0.2) is 0 Å². The van der Waals surface area contributed by atoms with Crippen molar-refractivity contribution in [2.45, 2.75) is 44.6 Å². The first-order chi connectivity index (χ1) is 13.6. The Morgan fingerprint density at radius 3 is 2.86 bits per heavy atom. The van der Waals surface area contributed by atoms with E-state index in [0.717, 1.165) is 53.5 Å². The van der Waals surface area contributed by atoms with Gasteiger partial charge in [0.1, 0.15) is 6.04 Å². The van der Waals surface area contributed by atoms with Gasteiger partial charge in [-0.05, 0) is 43.9 Å². The van der Waals surface area contributed by atoms with Crippen molar-refractivity contribution in [3.63, 3.8) is 0 Å². The molecule has 0 saturated carbocycles. The summed E-state index contributed by atoms with van der Waals surface area (Å²) < 4.78 is 10.6. The summed E-state index contributed by atoms with van der Waals surface area (Å²) >= 11 is 0. The Labute approximate surface area is 162 Å². The maximum Gasteiger partial charge on any atom is 0.427 e. The molecule has 1 aromatic rings. The van der Waals surface area contributed by atoms with Crippen LogP contribution in [0.25, 0.3) is 12.2 Å². The lowest BCUT2D eigenvalue weighted by Gasteiger charge is -2.23. The molecule has 1 amide bonds. The maximum absolute atomic E-state index is 11.9. The number of nitrogens with one attached hydrogen (secondary N) is 2. The van der Waals surface area contributed by atoms with Crippen LogP contribution >= 0.6 is 0 Å². The average Bonchev–Trinajstić information content (AvgIpc) is 3.26. The zero-order valence-electron chi connectivity index (χ0n) is 15.9. The van der Waals surface area contributed by atoms with Crippen LogP contribution in [0, 0.1) is 0 Å². The van der Waals surface area contributed by atoms with Gasteiger partial charge in [-0.1, -0.05) is 0 Å². The van der Waals surface area contributed by atoms with Crippen LogP contribution in [0.1, 0.15) is 43.4 Å². The van der Waals surface area contributed by atoms with Crippen LogP contribution < -0.4 is 16.0 Å². The normalized spacial score (nSPS) is 21.0. The number of H-pyrrole nitrogens is 1. The summed E-state index contributed by atoms with van der Waals surface area (Å²) in [7, 11) is 0. The third-order valence-corrected chi connectivity index (χ3v) is 5.56. The highest BCUT2D eigenvalue weighted by Crippen LogP contribution is 2.28. The molecule has 1 unspecified atom stereocenters. The van der Waals surface area contributed by atoms with Crippen molar-refractivity contribution in [2.75, 3.05) is 19.8 Å². The number of esters is 1. The van der Waals surface area contributed by atoms with E-state index in [-0.39, 0.29) is 12.0 Å². The summed E-state index contributed by atoms with van der Waals surface area (Å²) in [4.78, 5) is 27.0. The zero-order valence-corrected chi connectivity index (χ0v) is 15.9. The fourth-order valence-corrected chi connectivity index (χ4v) is 4.22. The quantitative estimate of drug-likeness (QED) is 0.644. The molecule has 1 fully saturated rings. The first kappa shape index (κ1) is 18.6. The lowest BCUT2D eigenvalue weighted by Crippen LogP contribution is -2.44. The predicted octanol–water partition coefficient (Wildman–Crippen LogP) is 0.730. The molecule has 3 N–H and O–H groups in total. The largest absolute Gasteiger partial charge is 0.466 e. The molecule has 3 heterocycles. The van der Waals surface area contributed by atoms with Crippen LogP contribution in [0.2, 0.25) is 0 Å². The van der Waals surface area contributed by atoms with Crippen molar-refractivity contribution in [1.82, 2.24) is 15.4 Å². The first-order valence-electron chi connectivity index (χ1n) is 9.74. The molecular weight excluding hydrogens is 362 g/mol. The number of carboxylic acid groups (broad SMARTS) is 1. The van der Waals surface area contributed by atoms with Crippen molar-refractivity contribution in [2.24, 2.45) is 0 Å². The van der Waals surface area contributed by atoms with Crippen LogP contribution in [0.5, 0.6) is 0 Å². The number of fused-ring (bicyclic) bond motifs is 2. The minimum atomic E-state index is -1.03. The summed E-state index contributed by atoms with van der Waals surface area (Å²) in [6.07, 6.45) is 7.37. The molecule has 1 atom stereocenters. The lowest BCUT2D eigenvalue weighted by molar-refractivity contribution is -0.143. The Balaban J connectivity index is 1.74. The Hall–Kier alpha value is -2.74. The SMILES string of the molecule is CCOC(=O)CCc1c(C2CCOCC2)[nH]c2c1=CC1C(=CNN1C(=O)O)C=2. The van der Waals surface area contributed by atoms with Crippen molar-refractivity contribution in [3.8, 4) is 0 Å². The number of ether oxygens (including phenoxy) is 2. The van der Waals surface area contributed by atoms with Gasteiger partial charge in [0.25, 0.3) is 0 Å². The minimum Gasteiger partial charge on any atom is -0.466 e. The molecule has 150 valence electrons. The van der Waals surface area contributed by atoms with E-state index >= 15 is 0 Å². The molecule has 1 saturated heterocycles. The number of hydrazine groups is 1. The van der Waals surface area contributed by atoms with Crippen molar-refractivity contribution in [3.05, 3.63) is 33.6 Å². The van der Waals surface area contributed by atoms with Gasteiger partial charge < -0.3 is 19.6 Å². The molecule has 1 aliphatic carbocycles. The van der Waals surface area contributed by atoms with E-state index in [1.165, 1.54) is 5.01 Å². The topological polar surface area (TPSA) is 104 Å². The first-order valence-corrected chi connectivity index (χ1v) is 9.74. The molecule has 2 aliphatic heterocycles. The Morgan fingerprint density at radius 1 is 1.36 bits per heavy atom. The van der Waals surface area contributed by atoms with Crippen LogP contribution in [-0.4, -0.2) is 53.0 Å². The highest BCUT2D eigenvalue weighted by Gasteiger charge is 2.32. The van der Waals surface area contributed by atoms with Gasteiger partial charge >= 0.3 is 12.1 Å². The van der Waals surface area contributed by atoms with Crippen molar-refractivity contribution in [1.29, 1.82) is 0 Å². The minimum absolute atomic E-state index is 0.217. The van der Waals surface area contributed by atoms with Gasteiger partial charge in [0.05, 0.1) is 6.61 Å². The number of carbonyl (C=O) groups excluding carboxylic acids is 1. The second-order valence-electron chi connectivity index (χ2n) is 7.22. The third-order valence-electron chi connectivity index (χ3n) is 5.56. The van der Waals surface area contributed by atoms with Crippen LogP contribution in [0.15, 0.2) is 11.8 Å². The molecule has 0 aromatic carbocycles. The van der Waals surface area contributed by atoms with Gasteiger partial charge in [-0.3, -0.25) is 10.2 Å². The number of aromatic amines is 1. The van der Waals surface area contributed by atoms with Gasteiger partial charge in [-0.15, -0.1) is 0 Å².